The van der Waals surface area contributed by atoms with Crippen molar-refractivity contribution in [1.29, 1.82) is 0 Å². The molecule has 4 aromatic rings. The second-order valence-corrected chi connectivity index (χ2v) is 14.2. The zero-order chi connectivity index (χ0) is 29.3. The summed E-state index contributed by atoms with van der Waals surface area (Å²) < 4.78 is 55.8. The highest BCUT2D eigenvalue weighted by Gasteiger charge is 2.30. The van der Waals surface area contributed by atoms with Gasteiger partial charge in [0.25, 0.3) is 30.9 Å². The molecule has 2 heterocycles. The van der Waals surface area contributed by atoms with E-state index in [9.17, 15) is 36.6 Å². The molecule has 15 nitrogen and oxygen atoms in total. The van der Waals surface area contributed by atoms with Crippen LogP contribution in [0, 0.1) is 0 Å². The Labute approximate surface area is 230 Å². The molecule has 0 aliphatic heterocycles. The van der Waals surface area contributed by atoms with Crippen molar-refractivity contribution >= 4 is 71.8 Å². The highest BCUT2D eigenvalue weighted by Crippen LogP contribution is 2.38. The van der Waals surface area contributed by atoms with Gasteiger partial charge in [-0.3, -0.25) is 9.59 Å². The Hall–Kier alpha value is -3.62. The molecule has 0 unspecified atom stereocenters. The molecule has 39 heavy (non-hydrogen) atoms. The highest BCUT2D eigenvalue weighted by atomic mass is 32.3. The number of rotatable bonds is 8. The van der Waals surface area contributed by atoms with Crippen LogP contribution in [-0.2, 0) is 20.0 Å². The minimum atomic E-state index is -3.88. The van der Waals surface area contributed by atoms with Crippen LogP contribution in [-0.4, -0.2) is 72.6 Å². The van der Waals surface area contributed by atoms with Gasteiger partial charge in [0.2, 0.25) is 0 Å². The summed E-state index contributed by atoms with van der Waals surface area (Å²) in [4.78, 5) is 23.7. The fraction of sp³-hybridized carbons (Fsp3) is 0.200. The van der Waals surface area contributed by atoms with Crippen molar-refractivity contribution in [2.75, 3.05) is 44.6 Å². The van der Waals surface area contributed by atoms with Gasteiger partial charge in [-0.05, 0) is 35.2 Å². The first kappa shape index (κ1) is 29.9. The van der Waals surface area contributed by atoms with Gasteiger partial charge in [0.15, 0.2) is 31.6 Å². The number of nitrogens with one attached hydrogen (secondary N) is 2. The maximum atomic E-state index is 12.1. The van der Waals surface area contributed by atoms with Crippen molar-refractivity contribution in [2.45, 2.75) is 8.42 Å². The van der Waals surface area contributed by atoms with Gasteiger partial charge < -0.3 is 26.6 Å². The van der Waals surface area contributed by atoms with Gasteiger partial charge in [0, 0.05) is 33.9 Å². The van der Waals surface area contributed by atoms with Gasteiger partial charge in [0.1, 0.15) is 11.4 Å². The van der Waals surface area contributed by atoms with Crippen LogP contribution in [0.3, 0.4) is 0 Å². The molecule has 210 valence electrons. The van der Waals surface area contributed by atoms with E-state index >= 15 is 0 Å². The normalized spacial score (nSPS) is 11.9. The maximum absolute atomic E-state index is 12.1. The Morgan fingerprint density at radius 2 is 1.23 bits per heavy atom. The molecule has 0 saturated carbocycles. The molecular formula is C20H23N7O8S4. The van der Waals surface area contributed by atoms with Gasteiger partial charge in [0.05, 0.1) is 0 Å². The number of para-hydroxylation sites is 1. The summed E-state index contributed by atoms with van der Waals surface area (Å²) in [5, 5.41) is 24.7. The molecule has 4 rings (SSSR count). The van der Waals surface area contributed by atoms with Crippen LogP contribution in [0.1, 0.15) is 0 Å². The largest absolute Gasteiger partial charge is 0.503 e. The SMILES string of the molecule is CN(C)S(=O)(=O)c1snc(N)c1O.CN(C)S(=O)(=O)c1snc(Nc2c(Nc3ccccc3)c(=O)c2=O)c1O. The van der Waals surface area contributed by atoms with Crippen molar-refractivity contribution in [3.05, 3.63) is 50.8 Å². The Morgan fingerprint density at radius 1 is 0.769 bits per heavy atom. The number of benzene rings is 1. The number of aromatic nitrogens is 2. The molecule has 0 aliphatic carbocycles. The van der Waals surface area contributed by atoms with Crippen molar-refractivity contribution in [2.24, 2.45) is 0 Å². The number of nitrogens with zero attached hydrogens (tertiary/aromatic N) is 4. The van der Waals surface area contributed by atoms with E-state index in [4.69, 9.17) is 5.73 Å². The summed E-state index contributed by atoms with van der Waals surface area (Å²) in [6, 6.07) is 8.73. The molecule has 0 spiro atoms. The molecule has 0 radical (unpaired) electrons. The van der Waals surface area contributed by atoms with E-state index in [1.54, 1.807) is 30.3 Å². The van der Waals surface area contributed by atoms with E-state index in [2.05, 4.69) is 19.4 Å². The number of sulfonamides is 2. The molecular weight excluding hydrogens is 595 g/mol. The smallest absolute Gasteiger partial charge is 0.257 e. The number of aromatic hydroxyl groups is 2. The van der Waals surface area contributed by atoms with Crippen molar-refractivity contribution < 1.29 is 27.0 Å². The van der Waals surface area contributed by atoms with Gasteiger partial charge in [-0.15, -0.1) is 0 Å². The average Bonchev–Trinajstić information content (AvgIpc) is 3.43. The van der Waals surface area contributed by atoms with Crippen LogP contribution >= 0.6 is 23.1 Å². The third kappa shape index (κ3) is 5.87. The Morgan fingerprint density at radius 3 is 1.69 bits per heavy atom. The monoisotopic (exact) mass is 617 g/mol. The van der Waals surface area contributed by atoms with Crippen LogP contribution in [0.25, 0.3) is 0 Å². The average molecular weight is 618 g/mol. The molecule has 0 atom stereocenters. The standard InChI is InChI=1S/C15H14N4O5S2.C5H9N3O3S2/c1-19(2)26(23,24)15-13(22)14(18-25-15)17-10-9(11(20)12(10)21)16-8-6-4-3-5-7-8;1-8(2)13(10,11)5-3(9)4(6)7-12-5/h3-7,16,22H,1-2H3,(H,17,18);9H,1-2H3,(H2,6,7). The second-order valence-electron chi connectivity index (χ2n) is 7.97. The van der Waals surface area contributed by atoms with Gasteiger partial charge in [-0.2, -0.15) is 8.75 Å². The van der Waals surface area contributed by atoms with Gasteiger partial charge in [-0.1, -0.05) is 18.2 Å². The summed E-state index contributed by atoms with van der Waals surface area (Å²) in [6.45, 7) is 0. The van der Waals surface area contributed by atoms with E-state index in [1.807, 2.05) is 0 Å². The molecule has 2 aromatic heterocycles. The number of nitrogens with two attached hydrogens (primary N) is 1. The minimum absolute atomic E-state index is 0.0191. The predicted octanol–water partition coefficient (Wildman–Crippen LogP) is 0.863. The van der Waals surface area contributed by atoms with E-state index in [0.717, 1.165) is 8.61 Å². The Bertz CT molecular complexity index is 1770. The first-order valence-electron chi connectivity index (χ1n) is 10.5. The zero-order valence-electron chi connectivity index (χ0n) is 20.7. The maximum Gasteiger partial charge on any atom is 0.257 e. The predicted molar refractivity (Wildman–Crippen MR) is 148 cm³/mol. The summed E-state index contributed by atoms with van der Waals surface area (Å²) in [5.74, 6) is -1.45. The number of hydrogen-bond acceptors (Lipinski definition) is 15. The first-order valence-corrected chi connectivity index (χ1v) is 14.9. The zero-order valence-corrected chi connectivity index (χ0v) is 24.0. The molecule has 0 fully saturated rings. The Kier molecular flexibility index (Phi) is 8.63. The lowest BCUT2D eigenvalue weighted by molar-refractivity contribution is 0.458. The highest BCUT2D eigenvalue weighted by molar-refractivity contribution is 7.91. The summed E-state index contributed by atoms with van der Waals surface area (Å²) in [7, 11) is -2.14. The van der Waals surface area contributed by atoms with E-state index in [-0.39, 0.29) is 31.4 Å². The van der Waals surface area contributed by atoms with E-state index in [0.29, 0.717) is 28.8 Å². The number of hydrogen-bond donors (Lipinski definition) is 5. The summed E-state index contributed by atoms with van der Waals surface area (Å²) in [5.41, 5.74) is 4.23. The number of anilines is 5. The van der Waals surface area contributed by atoms with Crippen molar-refractivity contribution in [3.8, 4) is 11.5 Å². The number of nitrogen functional groups attached to an aromatic ring is 1. The quantitative estimate of drug-likeness (QED) is 0.173. The minimum Gasteiger partial charge on any atom is -0.503 e. The van der Waals surface area contributed by atoms with Crippen LogP contribution in [0.5, 0.6) is 11.5 Å². The van der Waals surface area contributed by atoms with Crippen molar-refractivity contribution in [1.82, 2.24) is 17.4 Å². The summed E-state index contributed by atoms with van der Waals surface area (Å²) in [6.07, 6.45) is 0. The molecule has 0 aliphatic rings. The van der Waals surface area contributed by atoms with Gasteiger partial charge >= 0.3 is 0 Å². The molecule has 19 heteroatoms. The lowest BCUT2D eigenvalue weighted by Gasteiger charge is -2.14. The van der Waals surface area contributed by atoms with E-state index in [1.165, 1.54) is 28.2 Å². The lowest BCUT2D eigenvalue weighted by atomic mass is 10.1. The fourth-order valence-electron chi connectivity index (χ4n) is 2.72. The van der Waals surface area contributed by atoms with Crippen LogP contribution < -0.4 is 27.2 Å². The topological polar surface area (TPSA) is 225 Å². The second kappa shape index (κ2) is 11.2. The fourth-order valence-corrected chi connectivity index (χ4v) is 6.89. The summed E-state index contributed by atoms with van der Waals surface area (Å²) >= 11 is 1.22. The molecule has 6 N–H and O–H groups in total. The van der Waals surface area contributed by atoms with Crippen LogP contribution in [0.2, 0.25) is 0 Å². The van der Waals surface area contributed by atoms with E-state index < -0.39 is 42.4 Å². The lowest BCUT2D eigenvalue weighted by Crippen LogP contribution is -2.35. The molecule has 0 bridgehead atoms. The first-order chi connectivity index (χ1) is 18.1. The molecule has 0 saturated heterocycles. The molecule has 2 aromatic carbocycles. The molecule has 0 amide bonds. The van der Waals surface area contributed by atoms with Crippen molar-refractivity contribution in [3.63, 3.8) is 0 Å². The van der Waals surface area contributed by atoms with Crippen LogP contribution in [0.15, 0.2) is 48.3 Å². The third-order valence-electron chi connectivity index (χ3n) is 4.93. The third-order valence-corrected chi connectivity index (χ3v) is 11.2. The Balaban J connectivity index is 0.000000272. The van der Waals surface area contributed by atoms with Crippen LogP contribution in [0.4, 0.5) is 28.7 Å². The van der Waals surface area contributed by atoms with Gasteiger partial charge in [-0.25, -0.2) is 25.4 Å².